The molecule has 0 saturated carbocycles. The number of nitrogens with zero attached hydrogens (tertiary/aromatic N) is 1. The number of hydrogen-bond acceptors (Lipinski definition) is 5. The van der Waals surface area contributed by atoms with Gasteiger partial charge in [0.2, 0.25) is 5.60 Å². The lowest BCUT2D eigenvalue weighted by Crippen LogP contribution is -2.43. The maximum absolute atomic E-state index is 12.5. The van der Waals surface area contributed by atoms with Crippen molar-refractivity contribution in [3.8, 4) is 22.8 Å². The summed E-state index contributed by atoms with van der Waals surface area (Å²) in [5, 5.41) is 12.8. The zero-order chi connectivity index (χ0) is 28.5. The van der Waals surface area contributed by atoms with E-state index in [1.54, 1.807) is 37.4 Å². The Bertz CT molecular complexity index is 1400. The molecule has 0 saturated heterocycles. The summed E-state index contributed by atoms with van der Waals surface area (Å²) >= 11 is 0. The molecule has 2 N–H and O–H groups in total. The number of hydrogen-bond donors (Lipinski definition) is 2. The van der Waals surface area contributed by atoms with E-state index in [-0.39, 0.29) is 12.3 Å². The molecule has 7 heteroatoms. The molecule has 0 radical (unpaired) electrons. The Balaban J connectivity index is 1.25. The Labute approximate surface area is 234 Å². The van der Waals surface area contributed by atoms with Crippen molar-refractivity contribution in [2.24, 2.45) is 0 Å². The number of aromatic nitrogens is 1. The standard InChI is InChI=1S/C33H34N2O5/c1-23(2)25-13-17-29(18-14-25)40-33(3,32(37)38)22-24-7-15-28(16-8-24)39-21-20-35-31(36)27-11-9-26(10-12-27)30-6-4-5-19-34-30/h4-19,23H,20-22H2,1-3H3,(H,35,36)(H,37,38). The van der Waals surface area contributed by atoms with Gasteiger partial charge in [-0.1, -0.05) is 56.3 Å². The van der Waals surface area contributed by atoms with E-state index in [4.69, 9.17) is 9.47 Å². The maximum Gasteiger partial charge on any atom is 0.348 e. The molecule has 4 rings (SSSR count). The first-order valence-corrected chi connectivity index (χ1v) is 13.3. The molecule has 0 aliphatic heterocycles. The molecule has 206 valence electrons. The second-order valence-corrected chi connectivity index (χ2v) is 10.1. The largest absolute Gasteiger partial charge is 0.492 e. The van der Waals surface area contributed by atoms with Crippen molar-refractivity contribution in [1.82, 2.24) is 10.3 Å². The zero-order valence-electron chi connectivity index (χ0n) is 23.0. The number of carboxylic acids is 1. The minimum Gasteiger partial charge on any atom is -0.492 e. The fourth-order valence-corrected chi connectivity index (χ4v) is 4.19. The van der Waals surface area contributed by atoms with E-state index in [1.807, 2.05) is 66.7 Å². The van der Waals surface area contributed by atoms with Gasteiger partial charge in [0, 0.05) is 23.7 Å². The molecule has 1 amide bonds. The molecule has 0 fully saturated rings. The van der Waals surface area contributed by atoms with Gasteiger partial charge >= 0.3 is 5.97 Å². The number of rotatable bonds is 12. The highest BCUT2D eigenvalue weighted by molar-refractivity contribution is 5.94. The van der Waals surface area contributed by atoms with Crippen molar-refractivity contribution >= 4 is 11.9 Å². The van der Waals surface area contributed by atoms with E-state index in [0.717, 1.165) is 22.4 Å². The predicted octanol–water partition coefficient (Wildman–Crippen LogP) is 6.15. The summed E-state index contributed by atoms with van der Waals surface area (Å²) in [6.45, 7) is 6.41. The lowest BCUT2D eigenvalue weighted by molar-refractivity contribution is -0.153. The van der Waals surface area contributed by atoms with Crippen LogP contribution in [-0.4, -0.2) is 40.7 Å². The van der Waals surface area contributed by atoms with Gasteiger partial charge in [-0.3, -0.25) is 9.78 Å². The number of amides is 1. The summed E-state index contributed by atoms with van der Waals surface area (Å²) in [5.74, 6) is 0.300. The van der Waals surface area contributed by atoms with Crippen molar-refractivity contribution in [2.75, 3.05) is 13.2 Å². The van der Waals surface area contributed by atoms with Crippen LogP contribution in [0.15, 0.2) is 97.2 Å². The number of carbonyl (C=O) groups is 2. The smallest absolute Gasteiger partial charge is 0.348 e. The normalized spacial score (nSPS) is 12.4. The van der Waals surface area contributed by atoms with Crippen LogP contribution < -0.4 is 14.8 Å². The summed E-state index contributed by atoms with van der Waals surface area (Å²) in [4.78, 5) is 28.9. The van der Waals surface area contributed by atoms with E-state index >= 15 is 0 Å². The van der Waals surface area contributed by atoms with Crippen LogP contribution >= 0.6 is 0 Å². The summed E-state index contributed by atoms with van der Waals surface area (Å²) in [7, 11) is 0. The molecular weight excluding hydrogens is 504 g/mol. The number of nitrogens with one attached hydrogen (secondary N) is 1. The van der Waals surface area contributed by atoms with Crippen molar-refractivity contribution in [2.45, 2.75) is 38.7 Å². The third-order valence-corrected chi connectivity index (χ3v) is 6.57. The summed E-state index contributed by atoms with van der Waals surface area (Å²) in [6, 6.07) is 27.7. The summed E-state index contributed by atoms with van der Waals surface area (Å²) in [6.07, 6.45) is 1.92. The van der Waals surface area contributed by atoms with Crippen molar-refractivity contribution in [3.63, 3.8) is 0 Å². The number of benzene rings is 3. The van der Waals surface area contributed by atoms with Crippen LogP contribution in [0.2, 0.25) is 0 Å². The molecule has 1 heterocycles. The fraction of sp³-hybridized carbons (Fsp3) is 0.242. The molecule has 1 aromatic heterocycles. The minimum absolute atomic E-state index is 0.182. The molecule has 0 bridgehead atoms. The van der Waals surface area contributed by atoms with E-state index in [9.17, 15) is 14.7 Å². The third-order valence-electron chi connectivity index (χ3n) is 6.57. The minimum atomic E-state index is -1.43. The second-order valence-electron chi connectivity index (χ2n) is 10.1. The first kappa shape index (κ1) is 28.4. The quantitative estimate of drug-likeness (QED) is 0.210. The molecule has 0 spiro atoms. The Morgan fingerprint density at radius 1 is 0.900 bits per heavy atom. The lowest BCUT2D eigenvalue weighted by Gasteiger charge is -2.27. The molecule has 4 aromatic rings. The van der Waals surface area contributed by atoms with Crippen molar-refractivity contribution in [3.05, 3.63) is 114 Å². The molecule has 0 aliphatic carbocycles. The van der Waals surface area contributed by atoms with Gasteiger partial charge in [-0.2, -0.15) is 0 Å². The first-order chi connectivity index (χ1) is 19.2. The Hall–Kier alpha value is -4.65. The van der Waals surface area contributed by atoms with Gasteiger partial charge in [0.1, 0.15) is 18.1 Å². The van der Waals surface area contributed by atoms with Crippen LogP contribution in [-0.2, 0) is 11.2 Å². The topological polar surface area (TPSA) is 97.8 Å². The van der Waals surface area contributed by atoms with Crippen LogP contribution in [0.25, 0.3) is 11.3 Å². The third kappa shape index (κ3) is 7.47. The summed E-state index contributed by atoms with van der Waals surface area (Å²) in [5.41, 5.74) is 2.89. The van der Waals surface area contributed by atoms with Gasteiger partial charge in [-0.15, -0.1) is 0 Å². The Kier molecular flexibility index (Phi) is 9.17. The van der Waals surface area contributed by atoms with Gasteiger partial charge in [-0.25, -0.2) is 4.79 Å². The van der Waals surface area contributed by atoms with Gasteiger partial charge in [-0.05, 0) is 72.5 Å². The number of pyridine rings is 1. The monoisotopic (exact) mass is 538 g/mol. The zero-order valence-corrected chi connectivity index (χ0v) is 23.0. The van der Waals surface area contributed by atoms with Crippen LogP contribution in [0.4, 0.5) is 0 Å². The average molecular weight is 539 g/mol. The molecule has 1 atom stereocenters. The van der Waals surface area contributed by atoms with E-state index in [2.05, 4.69) is 24.1 Å². The van der Waals surface area contributed by atoms with Crippen molar-refractivity contribution in [1.29, 1.82) is 0 Å². The average Bonchev–Trinajstić information content (AvgIpc) is 2.97. The van der Waals surface area contributed by atoms with E-state index < -0.39 is 11.6 Å². The second kappa shape index (κ2) is 12.9. The van der Waals surface area contributed by atoms with Crippen molar-refractivity contribution < 1.29 is 24.2 Å². The van der Waals surface area contributed by atoms with Crippen LogP contribution in [0, 0.1) is 0 Å². The highest BCUT2D eigenvalue weighted by Gasteiger charge is 2.36. The van der Waals surface area contributed by atoms with Crippen LogP contribution in [0.5, 0.6) is 11.5 Å². The van der Waals surface area contributed by atoms with E-state index in [1.165, 1.54) is 0 Å². The summed E-state index contributed by atoms with van der Waals surface area (Å²) < 4.78 is 11.7. The number of carbonyl (C=O) groups excluding carboxylic acids is 1. The number of ether oxygens (including phenoxy) is 2. The maximum atomic E-state index is 12.5. The number of aliphatic carboxylic acids is 1. The van der Waals surface area contributed by atoms with Gasteiger partial charge in [0.15, 0.2) is 0 Å². The molecule has 0 aliphatic rings. The van der Waals surface area contributed by atoms with Crippen LogP contribution in [0.1, 0.15) is 48.2 Å². The molecule has 40 heavy (non-hydrogen) atoms. The Morgan fingerprint density at radius 3 is 2.17 bits per heavy atom. The van der Waals surface area contributed by atoms with Crippen LogP contribution in [0.3, 0.4) is 0 Å². The highest BCUT2D eigenvalue weighted by Crippen LogP contribution is 2.26. The molecular formula is C33H34N2O5. The Morgan fingerprint density at radius 2 is 1.57 bits per heavy atom. The van der Waals surface area contributed by atoms with Gasteiger partial charge in [0.05, 0.1) is 12.2 Å². The SMILES string of the molecule is CC(C)c1ccc(OC(C)(Cc2ccc(OCCNC(=O)c3ccc(-c4ccccn4)cc3)cc2)C(=O)O)cc1. The fourth-order valence-electron chi connectivity index (χ4n) is 4.19. The first-order valence-electron chi connectivity index (χ1n) is 13.3. The number of carboxylic acid groups (broad SMARTS) is 1. The predicted molar refractivity (Wildman–Crippen MR) is 155 cm³/mol. The lowest BCUT2D eigenvalue weighted by atomic mass is 9.96. The highest BCUT2D eigenvalue weighted by atomic mass is 16.5. The molecule has 3 aromatic carbocycles. The molecule has 1 unspecified atom stereocenters. The van der Waals surface area contributed by atoms with Gasteiger partial charge < -0.3 is 19.9 Å². The van der Waals surface area contributed by atoms with E-state index in [0.29, 0.717) is 36.1 Å². The molecule has 7 nitrogen and oxygen atoms in total. The van der Waals surface area contributed by atoms with Gasteiger partial charge in [0.25, 0.3) is 5.91 Å².